The predicted octanol–water partition coefficient (Wildman–Crippen LogP) is 4.88. The Hall–Kier alpha value is -0.300. The van der Waals surface area contributed by atoms with Gasteiger partial charge in [0.2, 0.25) is 0 Å². The molecule has 0 amide bonds. The lowest BCUT2D eigenvalue weighted by Gasteiger charge is -2.17. The number of unbranched alkanes of at least 4 members (excludes halogenated alkanes) is 7. The number of fused-ring (bicyclic) bond motifs is 5. The Morgan fingerprint density at radius 1 is 0.800 bits per heavy atom. The van der Waals surface area contributed by atoms with Crippen molar-refractivity contribution in [3.8, 4) is 0 Å². The van der Waals surface area contributed by atoms with Gasteiger partial charge in [-0.05, 0) is 43.1 Å². The van der Waals surface area contributed by atoms with Gasteiger partial charge in [0.25, 0.3) is 0 Å². The number of nitrogens with zero attached hydrogens (tertiary/aromatic N) is 1. The van der Waals surface area contributed by atoms with Crippen molar-refractivity contribution in [1.82, 2.24) is 4.90 Å². The molecule has 1 saturated heterocycles. The lowest BCUT2D eigenvalue weighted by Crippen LogP contribution is -2.24. The zero-order chi connectivity index (χ0) is 13.8. The highest BCUT2D eigenvalue weighted by atomic mass is 15.2. The molecule has 1 aliphatic heterocycles. The maximum atomic E-state index is 2.78. The number of likely N-dealkylation sites (tertiary alicyclic amines) is 1. The Morgan fingerprint density at radius 3 is 1.95 bits per heavy atom. The maximum absolute atomic E-state index is 2.78. The van der Waals surface area contributed by atoms with Crippen LogP contribution >= 0.6 is 0 Å². The minimum Gasteiger partial charge on any atom is -0.303 e. The van der Waals surface area contributed by atoms with Gasteiger partial charge in [0, 0.05) is 13.1 Å². The van der Waals surface area contributed by atoms with Crippen LogP contribution in [0.1, 0.15) is 64.7 Å². The summed E-state index contributed by atoms with van der Waals surface area (Å²) in [6.07, 6.45) is 18.1. The number of rotatable bonds is 9. The van der Waals surface area contributed by atoms with Gasteiger partial charge >= 0.3 is 0 Å². The third-order valence-corrected chi connectivity index (χ3v) is 6.07. The third kappa shape index (κ3) is 3.30. The molecule has 1 saturated carbocycles. The van der Waals surface area contributed by atoms with Gasteiger partial charge < -0.3 is 4.90 Å². The van der Waals surface area contributed by atoms with E-state index in [1.807, 2.05) is 0 Å². The van der Waals surface area contributed by atoms with Crippen LogP contribution < -0.4 is 0 Å². The normalized spacial score (nSPS) is 35.0. The highest BCUT2D eigenvalue weighted by Crippen LogP contribution is 2.51. The van der Waals surface area contributed by atoms with E-state index in [0.29, 0.717) is 0 Å². The van der Waals surface area contributed by atoms with Crippen molar-refractivity contribution in [1.29, 1.82) is 0 Å². The Labute approximate surface area is 125 Å². The van der Waals surface area contributed by atoms with Crippen LogP contribution in [0.3, 0.4) is 0 Å². The largest absolute Gasteiger partial charge is 0.303 e. The van der Waals surface area contributed by atoms with E-state index in [2.05, 4.69) is 24.0 Å². The minimum absolute atomic E-state index is 0.952. The molecule has 0 radical (unpaired) electrons. The Morgan fingerprint density at radius 2 is 1.35 bits per heavy atom. The molecule has 3 aliphatic rings. The van der Waals surface area contributed by atoms with Crippen LogP contribution in [0.5, 0.6) is 0 Å². The number of hydrogen-bond acceptors (Lipinski definition) is 1. The van der Waals surface area contributed by atoms with Crippen molar-refractivity contribution in [2.45, 2.75) is 64.7 Å². The molecule has 0 aromatic heterocycles. The molecule has 1 heterocycles. The zero-order valence-electron chi connectivity index (χ0n) is 13.4. The molecule has 2 bridgehead atoms. The molecule has 3 rings (SSSR count). The van der Waals surface area contributed by atoms with Crippen LogP contribution in [0.15, 0.2) is 12.2 Å². The second-order valence-corrected chi connectivity index (χ2v) is 7.51. The molecule has 1 heteroatoms. The van der Waals surface area contributed by atoms with Crippen LogP contribution in [-0.4, -0.2) is 24.5 Å². The second kappa shape index (κ2) is 7.11. The molecule has 0 N–H and O–H groups in total. The Kier molecular flexibility index (Phi) is 5.20. The van der Waals surface area contributed by atoms with Crippen LogP contribution in [0.4, 0.5) is 0 Å². The zero-order valence-corrected chi connectivity index (χ0v) is 13.4. The highest BCUT2D eigenvalue weighted by Gasteiger charge is 2.48. The summed E-state index contributed by atoms with van der Waals surface area (Å²) in [7, 11) is 0. The molecule has 0 unspecified atom stereocenters. The Bertz CT molecular complexity index is 302. The lowest BCUT2D eigenvalue weighted by molar-refractivity contribution is 0.291. The lowest BCUT2D eigenvalue weighted by atomic mass is 9.86. The van der Waals surface area contributed by atoms with Gasteiger partial charge in [0.1, 0.15) is 0 Å². The molecule has 0 aromatic rings. The summed E-state index contributed by atoms with van der Waals surface area (Å²) < 4.78 is 0. The molecule has 0 aromatic carbocycles. The summed E-state index contributed by atoms with van der Waals surface area (Å²) in [4.78, 5) is 2.78. The van der Waals surface area contributed by atoms with Gasteiger partial charge in [-0.1, -0.05) is 64.0 Å². The average molecular weight is 275 g/mol. The standard InChI is InChI=1S/C19H33N/c1-2-3-4-5-6-7-8-9-12-20-14-18-16-10-11-17(13-16)19(18)15-20/h10-11,16-19H,2-9,12-15H2,1H3/t16-,17-,18-,19+/m0/s1. The first-order chi connectivity index (χ1) is 9.88. The maximum Gasteiger partial charge on any atom is 0.00188 e. The molecule has 1 nitrogen and oxygen atoms in total. The van der Waals surface area contributed by atoms with E-state index in [-0.39, 0.29) is 0 Å². The van der Waals surface area contributed by atoms with E-state index >= 15 is 0 Å². The summed E-state index contributed by atoms with van der Waals surface area (Å²) >= 11 is 0. The third-order valence-electron chi connectivity index (χ3n) is 6.07. The summed E-state index contributed by atoms with van der Waals surface area (Å²) in [6, 6.07) is 0. The van der Waals surface area contributed by atoms with E-state index in [9.17, 15) is 0 Å². The fourth-order valence-electron chi connectivity index (χ4n) is 4.89. The van der Waals surface area contributed by atoms with Gasteiger partial charge in [0.15, 0.2) is 0 Å². The minimum atomic E-state index is 0.952. The van der Waals surface area contributed by atoms with Crippen LogP contribution in [-0.2, 0) is 0 Å². The molecular weight excluding hydrogens is 242 g/mol. The van der Waals surface area contributed by atoms with Gasteiger partial charge in [-0.3, -0.25) is 0 Å². The second-order valence-electron chi connectivity index (χ2n) is 7.51. The molecule has 2 fully saturated rings. The fraction of sp³-hybridized carbons (Fsp3) is 0.895. The monoisotopic (exact) mass is 275 g/mol. The number of allylic oxidation sites excluding steroid dienone is 2. The van der Waals surface area contributed by atoms with Crippen molar-refractivity contribution < 1.29 is 0 Å². The summed E-state index contributed by atoms with van der Waals surface area (Å²) in [6.45, 7) is 6.49. The quantitative estimate of drug-likeness (QED) is 0.428. The smallest absolute Gasteiger partial charge is 0.00188 e. The van der Waals surface area contributed by atoms with E-state index in [4.69, 9.17) is 0 Å². The van der Waals surface area contributed by atoms with Crippen molar-refractivity contribution in [3.05, 3.63) is 12.2 Å². The molecule has 20 heavy (non-hydrogen) atoms. The molecule has 2 aliphatic carbocycles. The van der Waals surface area contributed by atoms with E-state index in [1.165, 1.54) is 77.4 Å². The summed E-state index contributed by atoms with van der Waals surface area (Å²) in [5.74, 6) is 3.96. The fourth-order valence-corrected chi connectivity index (χ4v) is 4.89. The van der Waals surface area contributed by atoms with Crippen LogP contribution in [0, 0.1) is 23.7 Å². The number of hydrogen-bond donors (Lipinski definition) is 0. The van der Waals surface area contributed by atoms with Gasteiger partial charge in [0.05, 0.1) is 0 Å². The van der Waals surface area contributed by atoms with E-state index in [1.54, 1.807) is 0 Å². The molecule has 4 atom stereocenters. The topological polar surface area (TPSA) is 3.24 Å². The predicted molar refractivity (Wildman–Crippen MR) is 86.8 cm³/mol. The van der Waals surface area contributed by atoms with Crippen molar-refractivity contribution in [2.75, 3.05) is 19.6 Å². The van der Waals surface area contributed by atoms with Gasteiger partial charge in [-0.2, -0.15) is 0 Å². The summed E-state index contributed by atoms with van der Waals surface area (Å²) in [5, 5.41) is 0. The van der Waals surface area contributed by atoms with Gasteiger partial charge in [-0.25, -0.2) is 0 Å². The summed E-state index contributed by atoms with van der Waals surface area (Å²) in [5.41, 5.74) is 0. The SMILES string of the molecule is CCCCCCCCCCN1C[C@@H]2[C@H](C1)[C@H]1C=C[C@H]2C1. The average Bonchev–Trinajstić information content (AvgIpc) is 3.13. The highest BCUT2D eigenvalue weighted by molar-refractivity contribution is 5.16. The van der Waals surface area contributed by atoms with E-state index < -0.39 is 0 Å². The first kappa shape index (κ1) is 14.6. The van der Waals surface area contributed by atoms with Crippen LogP contribution in [0.2, 0.25) is 0 Å². The molecule has 114 valence electrons. The van der Waals surface area contributed by atoms with Crippen LogP contribution in [0.25, 0.3) is 0 Å². The molecule has 0 spiro atoms. The van der Waals surface area contributed by atoms with Crippen molar-refractivity contribution in [3.63, 3.8) is 0 Å². The molecular formula is C19H33N. The first-order valence-electron chi connectivity index (χ1n) is 9.29. The van der Waals surface area contributed by atoms with Gasteiger partial charge in [-0.15, -0.1) is 0 Å². The van der Waals surface area contributed by atoms with Crippen molar-refractivity contribution in [2.24, 2.45) is 23.7 Å². The van der Waals surface area contributed by atoms with Crippen molar-refractivity contribution >= 4 is 0 Å². The van der Waals surface area contributed by atoms with E-state index in [0.717, 1.165) is 23.7 Å². The Balaban J connectivity index is 1.23. The first-order valence-corrected chi connectivity index (χ1v) is 9.29.